The molecule has 0 aliphatic carbocycles. The molecule has 8 nitrogen and oxygen atoms in total. The van der Waals surface area contributed by atoms with E-state index in [0.29, 0.717) is 24.5 Å². The monoisotopic (exact) mass is 382 g/mol. The summed E-state index contributed by atoms with van der Waals surface area (Å²) < 4.78 is 17.9. The second-order valence-corrected chi connectivity index (χ2v) is 6.18. The van der Waals surface area contributed by atoms with Gasteiger partial charge in [0.05, 0.1) is 5.02 Å². The van der Waals surface area contributed by atoms with Crippen LogP contribution in [-0.4, -0.2) is 26.3 Å². The predicted octanol–water partition coefficient (Wildman–Crippen LogP) is 2.86. The zero-order chi connectivity index (χ0) is 17.6. The van der Waals surface area contributed by atoms with Gasteiger partial charge in [-0.05, 0) is 23.4 Å². The number of nitrogens with one attached hydrogen (secondary N) is 2. The third kappa shape index (κ3) is 4.29. The minimum Gasteiger partial charge on any atom is -0.409 e. The van der Waals surface area contributed by atoms with Gasteiger partial charge in [-0.25, -0.2) is 14.0 Å². The Kier molecular flexibility index (Phi) is 5.53. The normalized spacial score (nSPS) is 11.7. The summed E-state index contributed by atoms with van der Waals surface area (Å²) in [6, 6.07) is 3.99. The van der Waals surface area contributed by atoms with Crippen molar-refractivity contribution < 1.29 is 14.2 Å². The topological polar surface area (TPSA) is 108 Å². The summed E-state index contributed by atoms with van der Waals surface area (Å²) in [6.45, 7) is 0.875. The van der Waals surface area contributed by atoms with Gasteiger partial charge in [-0.3, -0.25) is 0 Å². The molecule has 0 aliphatic heterocycles. The summed E-state index contributed by atoms with van der Waals surface area (Å²) in [5, 5.41) is 28.6. The minimum absolute atomic E-state index is 0.00465. The predicted molar refractivity (Wildman–Crippen MR) is 90.3 cm³/mol. The second kappa shape index (κ2) is 8.01. The fraction of sp³-hybridized carbons (Fsp3) is 0.143. The number of hydrogen-bond acceptors (Lipinski definition) is 8. The van der Waals surface area contributed by atoms with Gasteiger partial charge in [-0.15, -0.1) is 11.3 Å². The molecule has 3 N–H and O–H groups in total. The molecular formula is C14H12ClFN6O2S. The maximum atomic E-state index is 13.2. The Morgan fingerprint density at radius 1 is 1.36 bits per heavy atom. The van der Waals surface area contributed by atoms with Crippen LogP contribution in [0.4, 0.5) is 10.1 Å². The van der Waals surface area contributed by atoms with Crippen molar-refractivity contribution in [1.82, 2.24) is 20.6 Å². The summed E-state index contributed by atoms with van der Waals surface area (Å²) in [6.07, 6.45) is 1.72. The molecule has 2 aromatic heterocycles. The molecule has 0 spiro atoms. The van der Waals surface area contributed by atoms with Crippen molar-refractivity contribution in [1.29, 1.82) is 0 Å². The van der Waals surface area contributed by atoms with Crippen LogP contribution in [0.5, 0.6) is 0 Å². The van der Waals surface area contributed by atoms with Gasteiger partial charge >= 0.3 is 0 Å². The number of rotatable bonds is 6. The van der Waals surface area contributed by atoms with E-state index in [1.54, 1.807) is 6.20 Å². The quantitative estimate of drug-likeness (QED) is 0.260. The fourth-order valence-electron chi connectivity index (χ4n) is 1.97. The van der Waals surface area contributed by atoms with Crippen LogP contribution in [-0.2, 0) is 13.1 Å². The zero-order valence-electron chi connectivity index (χ0n) is 12.6. The van der Waals surface area contributed by atoms with Crippen LogP contribution in [0.1, 0.15) is 16.4 Å². The first kappa shape index (κ1) is 17.3. The van der Waals surface area contributed by atoms with Crippen molar-refractivity contribution in [3.05, 3.63) is 57.0 Å². The van der Waals surface area contributed by atoms with Crippen LogP contribution in [0.3, 0.4) is 0 Å². The fourth-order valence-corrected chi connectivity index (χ4v) is 2.74. The summed E-state index contributed by atoms with van der Waals surface area (Å²) >= 11 is 7.26. The van der Waals surface area contributed by atoms with E-state index in [1.807, 2.05) is 5.38 Å². The third-order valence-corrected chi connectivity index (χ3v) is 4.18. The summed E-state index contributed by atoms with van der Waals surface area (Å²) in [7, 11) is 0. The standard InChI is InChI=1S/C14H12ClFN6O2S/c15-9-5-8(1-2-10(9)16)19-14(20-23)13-11(21-24-22-13)6-17-7-12-18-3-4-25-12/h1-5,17,23H,6-7H2,(H,19,20). The summed E-state index contributed by atoms with van der Waals surface area (Å²) in [5.41, 5.74) is 1.07. The Morgan fingerprint density at radius 2 is 2.24 bits per heavy atom. The van der Waals surface area contributed by atoms with Gasteiger partial charge in [0.25, 0.3) is 0 Å². The lowest BCUT2D eigenvalue weighted by Gasteiger charge is -2.07. The van der Waals surface area contributed by atoms with Crippen molar-refractivity contribution in [2.75, 3.05) is 5.32 Å². The number of amidine groups is 1. The molecule has 3 rings (SSSR count). The molecule has 0 aliphatic rings. The van der Waals surface area contributed by atoms with Crippen molar-refractivity contribution in [2.24, 2.45) is 5.16 Å². The lowest BCUT2D eigenvalue weighted by molar-refractivity contribution is 0.300. The first-order chi connectivity index (χ1) is 12.2. The highest BCUT2D eigenvalue weighted by Gasteiger charge is 2.18. The molecule has 0 bridgehead atoms. The van der Waals surface area contributed by atoms with Crippen LogP contribution >= 0.6 is 22.9 Å². The molecule has 0 saturated carbocycles. The summed E-state index contributed by atoms with van der Waals surface area (Å²) in [4.78, 5) is 4.16. The number of hydrogen-bond donors (Lipinski definition) is 3. The van der Waals surface area contributed by atoms with Crippen LogP contribution in [0.25, 0.3) is 0 Å². The van der Waals surface area contributed by atoms with Crippen molar-refractivity contribution in [2.45, 2.75) is 13.1 Å². The van der Waals surface area contributed by atoms with Crippen molar-refractivity contribution in [3.63, 3.8) is 0 Å². The minimum atomic E-state index is -0.551. The Morgan fingerprint density at radius 3 is 2.96 bits per heavy atom. The van der Waals surface area contributed by atoms with E-state index in [2.05, 4.69) is 31.1 Å². The van der Waals surface area contributed by atoms with E-state index >= 15 is 0 Å². The molecule has 0 saturated heterocycles. The van der Waals surface area contributed by atoms with E-state index in [0.717, 1.165) is 5.01 Å². The second-order valence-electron chi connectivity index (χ2n) is 4.79. The highest BCUT2D eigenvalue weighted by molar-refractivity contribution is 7.09. The van der Waals surface area contributed by atoms with Crippen LogP contribution in [0, 0.1) is 5.82 Å². The summed E-state index contributed by atoms with van der Waals surface area (Å²) in [5.74, 6) is -0.556. The molecule has 11 heteroatoms. The van der Waals surface area contributed by atoms with Gasteiger partial charge in [0.1, 0.15) is 16.5 Å². The average Bonchev–Trinajstić information content (AvgIpc) is 3.28. The smallest absolute Gasteiger partial charge is 0.201 e. The van der Waals surface area contributed by atoms with Crippen LogP contribution in [0.2, 0.25) is 5.02 Å². The molecule has 0 fully saturated rings. The van der Waals surface area contributed by atoms with Gasteiger partial charge in [0, 0.05) is 30.4 Å². The Hall–Kier alpha value is -2.56. The van der Waals surface area contributed by atoms with E-state index in [1.165, 1.54) is 29.5 Å². The van der Waals surface area contributed by atoms with Crippen molar-refractivity contribution in [3.8, 4) is 0 Å². The maximum Gasteiger partial charge on any atom is 0.201 e. The lowest BCUT2D eigenvalue weighted by atomic mass is 10.2. The molecule has 0 amide bonds. The van der Waals surface area contributed by atoms with Crippen molar-refractivity contribution >= 4 is 34.5 Å². The molecule has 0 unspecified atom stereocenters. The number of benzene rings is 1. The highest BCUT2D eigenvalue weighted by atomic mass is 35.5. The van der Waals surface area contributed by atoms with Gasteiger partial charge in [-0.1, -0.05) is 21.9 Å². The largest absolute Gasteiger partial charge is 0.409 e. The third-order valence-electron chi connectivity index (χ3n) is 3.12. The lowest BCUT2D eigenvalue weighted by Crippen LogP contribution is -2.20. The Balaban J connectivity index is 1.69. The van der Waals surface area contributed by atoms with Gasteiger partial charge in [0.15, 0.2) is 5.69 Å². The zero-order valence-corrected chi connectivity index (χ0v) is 14.2. The maximum absolute atomic E-state index is 13.2. The van der Waals surface area contributed by atoms with Crippen LogP contribution in [0.15, 0.2) is 39.6 Å². The number of oxime groups is 1. The van der Waals surface area contributed by atoms with E-state index in [9.17, 15) is 9.60 Å². The Bertz CT molecular complexity index is 870. The SMILES string of the molecule is ON=C(Nc1ccc(F)c(Cl)c1)c1nonc1CNCc1nccs1. The number of aromatic nitrogens is 3. The Labute approximate surface area is 150 Å². The highest BCUT2D eigenvalue weighted by Crippen LogP contribution is 2.20. The van der Waals surface area contributed by atoms with E-state index in [-0.39, 0.29) is 16.6 Å². The number of anilines is 1. The molecule has 130 valence electrons. The van der Waals surface area contributed by atoms with Gasteiger partial charge in [-0.2, -0.15) is 0 Å². The average molecular weight is 383 g/mol. The molecule has 0 atom stereocenters. The molecule has 25 heavy (non-hydrogen) atoms. The van der Waals surface area contributed by atoms with Gasteiger partial charge in [0.2, 0.25) is 5.84 Å². The molecule has 1 aromatic carbocycles. The first-order valence-electron chi connectivity index (χ1n) is 7.02. The first-order valence-corrected chi connectivity index (χ1v) is 8.28. The number of nitrogens with zero attached hydrogens (tertiary/aromatic N) is 4. The molecule has 3 aromatic rings. The number of halogens is 2. The molecular weight excluding hydrogens is 371 g/mol. The van der Waals surface area contributed by atoms with Crippen LogP contribution < -0.4 is 10.6 Å². The van der Waals surface area contributed by atoms with Gasteiger partial charge < -0.3 is 15.8 Å². The molecule has 2 heterocycles. The van der Waals surface area contributed by atoms with E-state index in [4.69, 9.17) is 16.2 Å². The molecule has 0 radical (unpaired) electrons. The van der Waals surface area contributed by atoms with E-state index < -0.39 is 5.82 Å². The number of thiazole rings is 1.